The van der Waals surface area contributed by atoms with Crippen molar-refractivity contribution in [1.82, 2.24) is 9.80 Å². The Labute approximate surface area is 131 Å². The van der Waals surface area contributed by atoms with Crippen LogP contribution in [0.4, 0.5) is 0 Å². The molecule has 0 spiro atoms. The monoisotopic (exact) mass is 309 g/mol. The molecule has 1 atom stereocenters. The van der Waals surface area contributed by atoms with Crippen molar-refractivity contribution in [3.05, 3.63) is 34.9 Å². The van der Waals surface area contributed by atoms with E-state index in [0.29, 0.717) is 6.42 Å². The van der Waals surface area contributed by atoms with Gasteiger partial charge in [-0.25, -0.2) is 0 Å². The van der Waals surface area contributed by atoms with Crippen LogP contribution in [-0.4, -0.2) is 47.9 Å². The molecule has 1 saturated heterocycles. The van der Waals surface area contributed by atoms with Gasteiger partial charge in [-0.15, -0.1) is 0 Å². The maximum absolute atomic E-state index is 12.0. The van der Waals surface area contributed by atoms with Crippen LogP contribution >= 0.6 is 11.6 Å². The van der Waals surface area contributed by atoms with Crippen molar-refractivity contribution in [3.63, 3.8) is 0 Å². The molecule has 0 aliphatic carbocycles. The predicted molar refractivity (Wildman–Crippen MR) is 86.2 cm³/mol. The first-order chi connectivity index (χ1) is 10.0. The fraction of sp³-hybridized carbons (Fsp3) is 0.562. The van der Waals surface area contributed by atoms with Gasteiger partial charge in [-0.1, -0.05) is 23.7 Å². The first-order valence-electron chi connectivity index (χ1n) is 7.55. The second-order valence-corrected chi connectivity index (χ2v) is 6.24. The molecule has 5 heteroatoms. The molecule has 1 heterocycles. The third-order valence-electron chi connectivity index (χ3n) is 3.83. The molecule has 1 fully saturated rings. The van der Waals surface area contributed by atoms with E-state index in [0.717, 1.165) is 44.2 Å². The zero-order valence-corrected chi connectivity index (χ0v) is 13.4. The largest absolute Gasteiger partial charge is 0.340 e. The van der Waals surface area contributed by atoms with Gasteiger partial charge >= 0.3 is 0 Å². The highest BCUT2D eigenvalue weighted by Crippen LogP contribution is 2.14. The Kier molecular flexibility index (Phi) is 6.03. The number of carbonyl (C=O) groups is 1. The summed E-state index contributed by atoms with van der Waals surface area (Å²) < 4.78 is 0. The van der Waals surface area contributed by atoms with E-state index in [1.165, 1.54) is 5.56 Å². The summed E-state index contributed by atoms with van der Waals surface area (Å²) in [5.74, 6) is 0.231. The second-order valence-electron chi connectivity index (χ2n) is 5.80. The van der Waals surface area contributed by atoms with E-state index in [4.69, 9.17) is 17.3 Å². The Balaban J connectivity index is 1.76. The van der Waals surface area contributed by atoms with Crippen molar-refractivity contribution in [2.75, 3.05) is 26.2 Å². The molecule has 1 aromatic carbocycles. The summed E-state index contributed by atoms with van der Waals surface area (Å²) >= 11 is 6.01. The quantitative estimate of drug-likeness (QED) is 0.906. The lowest BCUT2D eigenvalue weighted by Crippen LogP contribution is -2.48. The molecule has 0 radical (unpaired) electrons. The van der Waals surface area contributed by atoms with E-state index in [2.05, 4.69) is 11.0 Å². The molecular weight excluding hydrogens is 286 g/mol. The number of carbonyl (C=O) groups excluding carboxylic acids is 1. The van der Waals surface area contributed by atoms with E-state index < -0.39 is 0 Å². The summed E-state index contributed by atoms with van der Waals surface area (Å²) in [6.07, 6.45) is 1.33. The fourth-order valence-corrected chi connectivity index (χ4v) is 2.77. The number of amides is 1. The van der Waals surface area contributed by atoms with Gasteiger partial charge in [0.05, 0.1) is 0 Å². The standard InChI is InChI=1S/C16H24ClN3O/c1-13(18)5-6-16(21)20-9-7-19(8-10-20)12-14-3-2-4-15(17)11-14/h2-4,11,13H,5-10,12,18H2,1H3. The predicted octanol–water partition coefficient (Wildman–Crippen LogP) is 2.11. The number of nitrogens with zero attached hydrogens (tertiary/aromatic N) is 2. The van der Waals surface area contributed by atoms with Crippen molar-refractivity contribution in [2.24, 2.45) is 5.73 Å². The molecule has 0 bridgehead atoms. The van der Waals surface area contributed by atoms with Crippen LogP contribution < -0.4 is 5.73 Å². The Bertz CT molecular complexity index is 470. The van der Waals surface area contributed by atoms with E-state index in [9.17, 15) is 4.79 Å². The molecule has 1 unspecified atom stereocenters. The minimum Gasteiger partial charge on any atom is -0.340 e. The van der Waals surface area contributed by atoms with Crippen LogP contribution in [0.3, 0.4) is 0 Å². The highest BCUT2D eigenvalue weighted by molar-refractivity contribution is 6.30. The molecule has 1 aromatic rings. The van der Waals surface area contributed by atoms with Gasteiger partial charge in [0.1, 0.15) is 0 Å². The Morgan fingerprint density at radius 3 is 2.67 bits per heavy atom. The van der Waals surface area contributed by atoms with E-state index in [1.54, 1.807) is 0 Å². The molecule has 21 heavy (non-hydrogen) atoms. The molecule has 2 N–H and O–H groups in total. The Hall–Kier alpha value is -1.10. The third kappa shape index (κ3) is 5.30. The summed E-state index contributed by atoms with van der Waals surface area (Å²) in [5.41, 5.74) is 6.92. The SMILES string of the molecule is CC(N)CCC(=O)N1CCN(Cc2cccc(Cl)c2)CC1. The van der Waals surface area contributed by atoms with Gasteiger partial charge in [0, 0.05) is 50.2 Å². The van der Waals surface area contributed by atoms with Crippen molar-refractivity contribution in [1.29, 1.82) is 0 Å². The van der Waals surface area contributed by atoms with Gasteiger partial charge in [0.15, 0.2) is 0 Å². The number of hydrogen-bond acceptors (Lipinski definition) is 3. The molecule has 1 aliphatic rings. The number of hydrogen-bond donors (Lipinski definition) is 1. The highest BCUT2D eigenvalue weighted by Gasteiger charge is 2.20. The van der Waals surface area contributed by atoms with Crippen LogP contribution in [0.5, 0.6) is 0 Å². The van der Waals surface area contributed by atoms with E-state index in [-0.39, 0.29) is 11.9 Å². The van der Waals surface area contributed by atoms with E-state index >= 15 is 0 Å². The third-order valence-corrected chi connectivity index (χ3v) is 4.07. The maximum Gasteiger partial charge on any atom is 0.222 e. The van der Waals surface area contributed by atoms with Gasteiger partial charge in [0.2, 0.25) is 5.91 Å². The Morgan fingerprint density at radius 2 is 2.05 bits per heavy atom. The average molecular weight is 310 g/mol. The normalized spacial score (nSPS) is 17.8. The van der Waals surface area contributed by atoms with Crippen LogP contribution in [0, 0.1) is 0 Å². The van der Waals surface area contributed by atoms with Crippen molar-refractivity contribution in [3.8, 4) is 0 Å². The van der Waals surface area contributed by atoms with Crippen molar-refractivity contribution < 1.29 is 4.79 Å². The number of rotatable bonds is 5. The van der Waals surface area contributed by atoms with Gasteiger partial charge in [-0.3, -0.25) is 9.69 Å². The lowest BCUT2D eigenvalue weighted by molar-refractivity contribution is -0.133. The topological polar surface area (TPSA) is 49.6 Å². The van der Waals surface area contributed by atoms with Gasteiger partial charge < -0.3 is 10.6 Å². The van der Waals surface area contributed by atoms with Gasteiger partial charge in [-0.05, 0) is 31.0 Å². The zero-order chi connectivity index (χ0) is 15.2. The van der Waals surface area contributed by atoms with Crippen LogP contribution in [0.25, 0.3) is 0 Å². The summed E-state index contributed by atoms with van der Waals surface area (Å²) in [5, 5.41) is 0.775. The number of piperazine rings is 1. The molecule has 1 aliphatic heterocycles. The maximum atomic E-state index is 12.0. The van der Waals surface area contributed by atoms with Crippen LogP contribution in [-0.2, 0) is 11.3 Å². The molecule has 2 rings (SSSR count). The highest BCUT2D eigenvalue weighted by atomic mass is 35.5. The number of halogens is 1. The van der Waals surface area contributed by atoms with Crippen LogP contribution in [0.1, 0.15) is 25.3 Å². The first kappa shape index (κ1) is 16.3. The van der Waals surface area contributed by atoms with Gasteiger partial charge in [-0.2, -0.15) is 0 Å². The lowest BCUT2D eigenvalue weighted by Gasteiger charge is -2.35. The van der Waals surface area contributed by atoms with Crippen LogP contribution in [0.15, 0.2) is 24.3 Å². The molecule has 1 amide bonds. The zero-order valence-electron chi connectivity index (χ0n) is 12.6. The minimum absolute atomic E-state index is 0.0954. The molecule has 4 nitrogen and oxygen atoms in total. The lowest BCUT2D eigenvalue weighted by atomic mass is 10.1. The average Bonchev–Trinajstić information content (AvgIpc) is 2.45. The van der Waals surface area contributed by atoms with E-state index in [1.807, 2.05) is 30.0 Å². The number of nitrogens with two attached hydrogens (primary N) is 1. The first-order valence-corrected chi connectivity index (χ1v) is 7.92. The smallest absolute Gasteiger partial charge is 0.222 e. The van der Waals surface area contributed by atoms with Gasteiger partial charge in [0.25, 0.3) is 0 Å². The second kappa shape index (κ2) is 7.78. The summed E-state index contributed by atoms with van der Waals surface area (Å²) in [6.45, 7) is 6.27. The summed E-state index contributed by atoms with van der Waals surface area (Å²) in [4.78, 5) is 16.4. The van der Waals surface area contributed by atoms with Crippen molar-refractivity contribution >= 4 is 17.5 Å². The fourth-order valence-electron chi connectivity index (χ4n) is 2.56. The molecule has 116 valence electrons. The Morgan fingerprint density at radius 1 is 1.33 bits per heavy atom. The number of benzene rings is 1. The van der Waals surface area contributed by atoms with Crippen LogP contribution in [0.2, 0.25) is 5.02 Å². The summed E-state index contributed by atoms with van der Waals surface area (Å²) in [6, 6.07) is 8.05. The molecular formula is C16H24ClN3O. The van der Waals surface area contributed by atoms with Crippen molar-refractivity contribution in [2.45, 2.75) is 32.4 Å². The molecule has 0 saturated carbocycles. The summed E-state index contributed by atoms with van der Waals surface area (Å²) in [7, 11) is 0. The minimum atomic E-state index is 0.0954. The molecule has 0 aromatic heterocycles.